The minimum Gasteiger partial charge on any atom is -0.496 e. The fraction of sp³-hybridized carbons (Fsp3) is 0.414. The second-order valence-corrected chi connectivity index (χ2v) is 10.6. The largest absolute Gasteiger partial charge is 0.496 e. The molecule has 0 atom stereocenters. The summed E-state index contributed by atoms with van der Waals surface area (Å²) >= 11 is 1.89. The second kappa shape index (κ2) is 13.5. The topological polar surface area (TPSA) is 106 Å². The van der Waals surface area contributed by atoms with Crippen molar-refractivity contribution in [1.29, 1.82) is 0 Å². The molecule has 4 rings (SSSR count). The van der Waals surface area contributed by atoms with Crippen LogP contribution in [0.4, 0.5) is 16.2 Å². The molecule has 0 saturated carbocycles. The quantitative estimate of drug-likeness (QED) is 0.291. The van der Waals surface area contributed by atoms with Gasteiger partial charge in [-0.3, -0.25) is 9.69 Å². The van der Waals surface area contributed by atoms with Gasteiger partial charge in [0, 0.05) is 48.0 Å². The number of para-hydroxylation sites is 1. The first kappa shape index (κ1) is 28.5. The van der Waals surface area contributed by atoms with Crippen molar-refractivity contribution in [3.8, 4) is 5.75 Å². The fourth-order valence-corrected chi connectivity index (χ4v) is 5.69. The molecule has 1 saturated heterocycles. The number of hydrogen-bond donors (Lipinski definition) is 2. The molecule has 1 fully saturated rings. The number of methoxy groups -OCH3 is 1. The van der Waals surface area contributed by atoms with E-state index >= 15 is 0 Å². The van der Waals surface area contributed by atoms with Gasteiger partial charge in [0.25, 0.3) is 0 Å². The van der Waals surface area contributed by atoms with Crippen molar-refractivity contribution in [3.63, 3.8) is 0 Å². The Balaban J connectivity index is 1.47. The van der Waals surface area contributed by atoms with Gasteiger partial charge in [0.15, 0.2) is 0 Å². The van der Waals surface area contributed by atoms with Crippen molar-refractivity contribution in [1.82, 2.24) is 4.90 Å². The number of fused-ring (bicyclic) bond motifs is 1. The van der Waals surface area contributed by atoms with E-state index in [1.54, 1.807) is 19.2 Å². The van der Waals surface area contributed by atoms with Gasteiger partial charge in [-0.15, -0.1) is 11.8 Å². The monoisotopic (exact) mass is 553 g/mol. The van der Waals surface area contributed by atoms with E-state index in [-0.39, 0.29) is 19.0 Å². The first-order valence-corrected chi connectivity index (χ1v) is 14.2. The summed E-state index contributed by atoms with van der Waals surface area (Å²) in [5.41, 5.74) is 4.49. The van der Waals surface area contributed by atoms with Crippen LogP contribution in [-0.2, 0) is 27.3 Å². The number of amides is 2. The van der Waals surface area contributed by atoms with Gasteiger partial charge in [0.05, 0.1) is 18.4 Å². The highest BCUT2D eigenvalue weighted by atomic mass is 32.2. The zero-order chi connectivity index (χ0) is 27.8. The smallest absolute Gasteiger partial charge is 0.341 e. The number of nitrogens with one attached hydrogen (secondary N) is 2. The van der Waals surface area contributed by atoms with Crippen molar-refractivity contribution in [2.45, 2.75) is 39.7 Å². The number of hydrogen-bond acceptors (Lipinski definition) is 8. The summed E-state index contributed by atoms with van der Waals surface area (Å²) in [4.78, 5) is 40.1. The third-order valence-electron chi connectivity index (χ3n) is 6.82. The standard InChI is InChI=1S/C29H35N3O6S/c1-19(10-12-24(33)37-15-13-32-14-16-39-18-32)9-11-22-26(31-29(35)30-21-7-5-4-6-8-21)25-23(17-38-28(25)34)20(2)27(22)36-3/h4-9H,10-18H2,1-3H3,(H2,30,31,35)/b19-9+. The lowest BCUT2D eigenvalue weighted by Crippen LogP contribution is -2.25. The number of carbonyl (C=O) groups is 3. The van der Waals surface area contributed by atoms with Crippen molar-refractivity contribution >= 4 is 41.1 Å². The maximum absolute atomic E-state index is 12.9. The zero-order valence-corrected chi connectivity index (χ0v) is 23.4. The van der Waals surface area contributed by atoms with Gasteiger partial charge in [-0.1, -0.05) is 29.8 Å². The molecule has 2 amide bonds. The Bertz CT molecular complexity index is 1240. The second-order valence-electron chi connectivity index (χ2n) is 9.52. The van der Waals surface area contributed by atoms with Crippen LogP contribution in [-0.4, -0.2) is 61.3 Å². The molecule has 10 heteroatoms. The maximum atomic E-state index is 12.9. The van der Waals surface area contributed by atoms with Gasteiger partial charge < -0.3 is 24.8 Å². The molecule has 2 heterocycles. The van der Waals surface area contributed by atoms with Gasteiger partial charge in [-0.25, -0.2) is 9.59 Å². The molecule has 2 aliphatic heterocycles. The lowest BCUT2D eigenvalue weighted by Gasteiger charge is -2.20. The van der Waals surface area contributed by atoms with Crippen molar-refractivity contribution in [2.75, 3.05) is 49.1 Å². The number of urea groups is 1. The Morgan fingerprint density at radius 1 is 1.18 bits per heavy atom. The Morgan fingerprint density at radius 2 is 1.97 bits per heavy atom. The fourth-order valence-electron chi connectivity index (χ4n) is 4.65. The third kappa shape index (κ3) is 7.33. The van der Waals surface area contributed by atoms with Crippen LogP contribution >= 0.6 is 11.8 Å². The predicted octanol–water partition coefficient (Wildman–Crippen LogP) is 5.14. The van der Waals surface area contributed by atoms with Crippen LogP contribution in [0.1, 0.15) is 46.8 Å². The molecule has 0 spiro atoms. The number of rotatable bonds is 11. The molecule has 2 aromatic rings. The zero-order valence-electron chi connectivity index (χ0n) is 22.6. The van der Waals surface area contributed by atoms with E-state index < -0.39 is 12.0 Å². The van der Waals surface area contributed by atoms with Gasteiger partial charge in [-0.05, 0) is 44.4 Å². The van der Waals surface area contributed by atoms with Crippen LogP contribution in [0, 0.1) is 6.92 Å². The minimum atomic E-state index is -0.483. The van der Waals surface area contributed by atoms with E-state index in [2.05, 4.69) is 15.5 Å². The average Bonchev–Trinajstić information content (AvgIpc) is 3.58. The van der Waals surface area contributed by atoms with E-state index in [0.29, 0.717) is 53.3 Å². The van der Waals surface area contributed by atoms with Crippen LogP contribution in [0.25, 0.3) is 0 Å². The molecule has 0 aromatic heterocycles. The number of anilines is 2. The SMILES string of the molecule is COc1c(C)c2c(c(NC(=O)Nc3ccccc3)c1C/C=C(\C)CCC(=O)OCCN1CCSC1)C(=O)OC2. The summed E-state index contributed by atoms with van der Waals surface area (Å²) in [7, 11) is 1.57. The van der Waals surface area contributed by atoms with Gasteiger partial charge in [-0.2, -0.15) is 0 Å². The molecule has 9 nitrogen and oxygen atoms in total. The van der Waals surface area contributed by atoms with Crippen molar-refractivity contribution in [2.24, 2.45) is 0 Å². The predicted molar refractivity (Wildman–Crippen MR) is 152 cm³/mol. The van der Waals surface area contributed by atoms with E-state index in [9.17, 15) is 14.4 Å². The molecule has 2 aliphatic rings. The minimum absolute atomic E-state index is 0.124. The van der Waals surface area contributed by atoms with E-state index in [4.69, 9.17) is 14.2 Å². The molecular formula is C29H35N3O6S. The lowest BCUT2D eigenvalue weighted by molar-refractivity contribution is -0.143. The number of ether oxygens (including phenoxy) is 3. The maximum Gasteiger partial charge on any atom is 0.341 e. The van der Waals surface area contributed by atoms with Crippen LogP contribution in [0.3, 0.4) is 0 Å². The number of esters is 2. The average molecular weight is 554 g/mol. The van der Waals surface area contributed by atoms with E-state index in [1.807, 2.05) is 49.9 Å². The Morgan fingerprint density at radius 3 is 2.69 bits per heavy atom. The number of carbonyl (C=O) groups excluding carboxylic acids is 3. The van der Waals surface area contributed by atoms with Gasteiger partial charge >= 0.3 is 18.0 Å². The lowest BCUT2D eigenvalue weighted by atomic mass is 9.93. The summed E-state index contributed by atoms with van der Waals surface area (Å²) < 4.78 is 16.5. The van der Waals surface area contributed by atoms with E-state index in [1.165, 1.54) is 0 Å². The molecule has 0 aliphatic carbocycles. The summed E-state index contributed by atoms with van der Waals surface area (Å²) in [6.07, 6.45) is 3.20. The molecular weight excluding hydrogens is 518 g/mol. The molecule has 0 radical (unpaired) electrons. The van der Waals surface area contributed by atoms with Crippen LogP contribution in [0.2, 0.25) is 0 Å². The van der Waals surface area contributed by atoms with Crippen LogP contribution in [0.15, 0.2) is 42.0 Å². The number of nitrogens with zero attached hydrogens (tertiary/aromatic N) is 1. The molecule has 208 valence electrons. The van der Waals surface area contributed by atoms with Crippen LogP contribution in [0.5, 0.6) is 5.75 Å². The van der Waals surface area contributed by atoms with E-state index in [0.717, 1.165) is 35.9 Å². The van der Waals surface area contributed by atoms with Crippen LogP contribution < -0.4 is 15.4 Å². The summed E-state index contributed by atoms with van der Waals surface area (Å²) in [6, 6.07) is 8.57. The molecule has 2 N–H and O–H groups in total. The highest BCUT2D eigenvalue weighted by Gasteiger charge is 2.32. The molecule has 2 aromatic carbocycles. The summed E-state index contributed by atoms with van der Waals surface area (Å²) in [5, 5.41) is 5.67. The number of thioether (sulfide) groups is 1. The first-order valence-electron chi connectivity index (χ1n) is 13.0. The Labute approximate surface area is 233 Å². The number of cyclic esters (lactones) is 1. The highest BCUT2D eigenvalue weighted by molar-refractivity contribution is 7.99. The van der Waals surface area contributed by atoms with Crippen molar-refractivity contribution < 1.29 is 28.6 Å². The molecule has 39 heavy (non-hydrogen) atoms. The van der Waals surface area contributed by atoms with Gasteiger partial charge in [0.2, 0.25) is 0 Å². The summed E-state index contributed by atoms with van der Waals surface area (Å²) in [5.74, 6) is 2.01. The van der Waals surface area contributed by atoms with Gasteiger partial charge in [0.1, 0.15) is 19.0 Å². The number of benzene rings is 2. The normalized spacial score (nSPS) is 15.1. The summed E-state index contributed by atoms with van der Waals surface area (Å²) in [6.45, 7) is 6.16. The Kier molecular flexibility index (Phi) is 9.89. The number of allylic oxidation sites excluding steroid dienone is 2. The Hall–Kier alpha value is -3.50. The molecule has 0 unspecified atom stereocenters. The highest BCUT2D eigenvalue weighted by Crippen LogP contribution is 2.41. The molecule has 0 bridgehead atoms. The third-order valence-corrected chi connectivity index (χ3v) is 7.84. The first-order chi connectivity index (χ1) is 18.9. The van der Waals surface area contributed by atoms with Crippen molar-refractivity contribution in [3.05, 3.63) is 64.2 Å².